The van der Waals surface area contributed by atoms with Crippen LogP contribution in [-0.4, -0.2) is 44.9 Å². The summed E-state index contributed by atoms with van der Waals surface area (Å²) in [6.07, 6.45) is -1.47. The SMILES string of the molecule is Nc1nc2cc(F)c(C(=O)N3CCOC[C@@H]3c3ccc(C(F)(F)F)cc3)cc2n2cncc12. The van der Waals surface area contributed by atoms with Crippen molar-refractivity contribution in [3.05, 3.63) is 71.4 Å². The number of carbonyl (C=O) groups excluding carboxylic acids is 1. The number of imidazole rings is 1. The maximum Gasteiger partial charge on any atom is 0.416 e. The van der Waals surface area contributed by atoms with Gasteiger partial charge in [-0.05, 0) is 23.8 Å². The molecule has 11 heteroatoms. The average molecular weight is 459 g/mol. The second kappa shape index (κ2) is 7.69. The van der Waals surface area contributed by atoms with Gasteiger partial charge in [-0.3, -0.25) is 9.20 Å². The van der Waals surface area contributed by atoms with Crippen LogP contribution in [0.2, 0.25) is 0 Å². The van der Waals surface area contributed by atoms with E-state index in [1.165, 1.54) is 35.6 Å². The Morgan fingerprint density at radius 2 is 1.91 bits per heavy atom. The van der Waals surface area contributed by atoms with E-state index in [1.807, 2.05) is 0 Å². The van der Waals surface area contributed by atoms with Crippen LogP contribution in [0.5, 0.6) is 0 Å². The number of benzene rings is 2. The first-order chi connectivity index (χ1) is 15.7. The first-order valence-electron chi connectivity index (χ1n) is 10.0. The van der Waals surface area contributed by atoms with Crippen molar-refractivity contribution in [2.45, 2.75) is 12.2 Å². The molecule has 0 spiro atoms. The van der Waals surface area contributed by atoms with E-state index in [0.717, 1.165) is 18.2 Å². The Balaban J connectivity index is 1.54. The first kappa shape index (κ1) is 21.1. The number of nitrogens with zero attached hydrogens (tertiary/aromatic N) is 4. The predicted octanol–water partition coefficient (Wildman–Crippen LogP) is 3.84. The van der Waals surface area contributed by atoms with Gasteiger partial charge in [-0.25, -0.2) is 14.4 Å². The van der Waals surface area contributed by atoms with Gasteiger partial charge in [0.25, 0.3) is 5.91 Å². The Morgan fingerprint density at radius 3 is 2.64 bits per heavy atom. The highest BCUT2D eigenvalue weighted by atomic mass is 19.4. The minimum absolute atomic E-state index is 0.0795. The number of nitrogen functional groups attached to an aromatic ring is 1. The van der Waals surface area contributed by atoms with Crippen LogP contribution in [0.3, 0.4) is 0 Å². The molecule has 2 N–H and O–H groups in total. The van der Waals surface area contributed by atoms with E-state index in [2.05, 4.69) is 9.97 Å². The molecule has 0 aliphatic carbocycles. The van der Waals surface area contributed by atoms with Crippen molar-refractivity contribution in [2.75, 3.05) is 25.5 Å². The van der Waals surface area contributed by atoms with Gasteiger partial charge in [0.2, 0.25) is 0 Å². The normalized spacial score (nSPS) is 17.1. The van der Waals surface area contributed by atoms with Gasteiger partial charge in [-0.2, -0.15) is 13.2 Å². The molecule has 1 aliphatic heterocycles. The van der Waals surface area contributed by atoms with E-state index >= 15 is 0 Å². The van der Waals surface area contributed by atoms with Crippen LogP contribution in [0.1, 0.15) is 27.5 Å². The molecule has 2 aromatic heterocycles. The summed E-state index contributed by atoms with van der Waals surface area (Å²) in [7, 11) is 0. The maximum absolute atomic E-state index is 15.0. The molecule has 1 aliphatic rings. The number of ether oxygens (including phenoxy) is 1. The number of fused-ring (bicyclic) bond motifs is 3. The third kappa shape index (κ3) is 3.63. The van der Waals surface area contributed by atoms with E-state index < -0.39 is 29.5 Å². The summed E-state index contributed by atoms with van der Waals surface area (Å²) >= 11 is 0. The summed E-state index contributed by atoms with van der Waals surface area (Å²) in [5.41, 5.74) is 6.59. The number of anilines is 1. The van der Waals surface area contributed by atoms with Crippen molar-refractivity contribution >= 4 is 28.3 Å². The van der Waals surface area contributed by atoms with E-state index in [9.17, 15) is 22.4 Å². The van der Waals surface area contributed by atoms with Gasteiger partial charge < -0.3 is 15.4 Å². The van der Waals surface area contributed by atoms with Crippen molar-refractivity contribution in [1.82, 2.24) is 19.3 Å². The van der Waals surface area contributed by atoms with Crippen LogP contribution in [0.15, 0.2) is 48.9 Å². The van der Waals surface area contributed by atoms with Crippen LogP contribution >= 0.6 is 0 Å². The largest absolute Gasteiger partial charge is 0.416 e. The smallest absolute Gasteiger partial charge is 0.382 e. The highest BCUT2D eigenvalue weighted by Gasteiger charge is 2.33. The fourth-order valence-electron chi connectivity index (χ4n) is 4.03. The molecule has 1 atom stereocenters. The van der Waals surface area contributed by atoms with Crippen molar-refractivity contribution in [3.8, 4) is 0 Å². The molecule has 5 rings (SSSR count). The minimum Gasteiger partial charge on any atom is -0.382 e. The number of rotatable bonds is 2. The minimum atomic E-state index is -4.47. The molecule has 0 unspecified atom stereocenters. The molecule has 0 bridgehead atoms. The number of hydrogen-bond donors (Lipinski definition) is 1. The van der Waals surface area contributed by atoms with Crippen molar-refractivity contribution in [1.29, 1.82) is 0 Å². The lowest BCUT2D eigenvalue weighted by Crippen LogP contribution is -2.43. The standard InChI is InChI=1S/C22H17F4N5O2/c23-15-8-16-17(31-11-28-9-18(31)20(27)29-16)7-14(15)21(32)30-5-6-33-10-19(30)12-1-3-13(4-2-12)22(24,25)26/h1-4,7-9,11,19H,5-6,10H2,(H2,27,29)/t19-/m1/s1. The zero-order valence-corrected chi connectivity index (χ0v) is 17.0. The van der Waals surface area contributed by atoms with Gasteiger partial charge in [0.15, 0.2) is 0 Å². The summed E-state index contributed by atoms with van der Waals surface area (Å²) in [6.45, 7) is 0.459. The molecule has 4 aromatic rings. The Hall–Kier alpha value is -3.73. The van der Waals surface area contributed by atoms with Crippen LogP contribution in [-0.2, 0) is 10.9 Å². The Kier molecular flexibility index (Phi) is 4.93. The molecule has 3 heterocycles. The van der Waals surface area contributed by atoms with E-state index in [0.29, 0.717) is 16.6 Å². The van der Waals surface area contributed by atoms with Gasteiger partial charge in [0.1, 0.15) is 17.2 Å². The predicted molar refractivity (Wildman–Crippen MR) is 111 cm³/mol. The van der Waals surface area contributed by atoms with Gasteiger partial charge >= 0.3 is 6.18 Å². The molecule has 2 aromatic carbocycles. The quantitative estimate of drug-likeness (QED) is 0.461. The van der Waals surface area contributed by atoms with E-state index in [-0.39, 0.29) is 36.7 Å². The first-order valence-corrected chi connectivity index (χ1v) is 10.0. The van der Waals surface area contributed by atoms with Gasteiger partial charge in [0.05, 0.1) is 53.9 Å². The Bertz CT molecular complexity index is 1370. The molecule has 1 amide bonds. The molecule has 33 heavy (non-hydrogen) atoms. The van der Waals surface area contributed by atoms with E-state index in [1.54, 1.807) is 4.40 Å². The van der Waals surface area contributed by atoms with Crippen molar-refractivity contribution in [3.63, 3.8) is 0 Å². The molecular formula is C22H17F4N5O2. The highest BCUT2D eigenvalue weighted by Crippen LogP contribution is 2.33. The van der Waals surface area contributed by atoms with Gasteiger partial charge in [-0.1, -0.05) is 12.1 Å². The maximum atomic E-state index is 15.0. The number of hydrogen-bond acceptors (Lipinski definition) is 5. The zero-order valence-electron chi connectivity index (χ0n) is 17.0. The van der Waals surface area contributed by atoms with Crippen LogP contribution in [0.4, 0.5) is 23.4 Å². The monoisotopic (exact) mass is 459 g/mol. The fourth-order valence-corrected chi connectivity index (χ4v) is 4.03. The summed E-state index contributed by atoms with van der Waals surface area (Å²) in [5, 5.41) is 0. The molecular weight excluding hydrogens is 442 g/mol. The lowest BCUT2D eigenvalue weighted by atomic mass is 10.0. The average Bonchev–Trinajstić information content (AvgIpc) is 3.29. The zero-order chi connectivity index (χ0) is 23.3. The second-order valence-corrected chi connectivity index (χ2v) is 7.68. The number of aromatic nitrogens is 3. The summed E-state index contributed by atoms with van der Waals surface area (Å²) < 4.78 is 60.8. The van der Waals surface area contributed by atoms with Crippen LogP contribution in [0.25, 0.3) is 16.6 Å². The molecule has 170 valence electrons. The molecule has 7 nitrogen and oxygen atoms in total. The van der Waals surface area contributed by atoms with Crippen molar-refractivity contribution in [2.24, 2.45) is 0 Å². The topological polar surface area (TPSA) is 85.8 Å². The summed E-state index contributed by atoms with van der Waals surface area (Å²) in [5.74, 6) is -1.21. The molecule has 0 radical (unpaired) electrons. The number of morpholine rings is 1. The van der Waals surface area contributed by atoms with Gasteiger partial charge in [-0.15, -0.1) is 0 Å². The highest BCUT2D eigenvalue weighted by molar-refractivity contribution is 5.98. The van der Waals surface area contributed by atoms with Crippen molar-refractivity contribution < 1.29 is 27.1 Å². The third-order valence-electron chi connectivity index (χ3n) is 5.71. The Morgan fingerprint density at radius 1 is 1.15 bits per heavy atom. The number of halogens is 4. The second-order valence-electron chi connectivity index (χ2n) is 7.68. The van der Waals surface area contributed by atoms with Crippen LogP contribution in [0, 0.1) is 5.82 Å². The van der Waals surface area contributed by atoms with Gasteiger partial charge in [0, 0.05) is 12.6 Å². The third-order valence-corrected chi connectivity index (χ3v) is 5.71. The number of carbonyl (C=O) groups is 1. The molecule has 1 fully saturated rings. The summed E-state index contributed by atoms with van der Waals surface area (Å²) in [4.78, 5) is 23.0. The molecule has 1 saturated heterocycles. The summed E-state index contributed by atoms with van der Waals surface area (Å²) in [6, 6.07) is 6.37. The molecule has 0 saturated carbocycles. The number of nitrogens with two attached hydrogens (primary N) is 1. The Labute approximate surface area is 184 Å². The number of amides is 1. The van der Waals surface area contributed by atoms with E-state index in [4.69, 9.17) is 10.5 Å². The number of alkyl halides is 3. The lowest BCUT2D eigenvalue weighted by molar-refractivity contribution is -0.137. The fraction of sp³-hybridized carbons (Fsp3) is 0.227. The van der Waals surface area contributed by atoms with Crippen LogP contribution < -0.4 is 5.73 Å². The lowest BCUT2D eigenvalue weighted by Gasteiger charge is -2.36.